The first kappa shape index (κ1) is 25.1. The van der Waals surface area contributed by atoms with Crippen LogP contribution in [0.3, 0.4) is 0 Å². The highest BCUT2D eigenvalue weighted by Gasteiger charge is 2.14. The molecule has 3 N–H and O–H groups in total. The third kappa shape index (κ3) is 7.51. The molecule has 0 aliphatic carbocycles. The molecule has 0 saturated carbocycles. The molecule has 1 atom stereocenters. The van der Waals surface area contributed by atoms with Crippen molar-refractivity contribution in [3.05, 3.63) is 71.4 Å². The zero-order valence-corrected chi connectivity index (χ0v) is 21.1. The van der Waals surface area contributed by atoms with Gasteiger partial charge in [0.15, 0.2) is 0 Å². The van der Waals surface area contributed by atoms with Gasteiger partial charge in [0.2, 0.25) is 5.95 Å². The van der Waals surface area contributed by atoms with Crippen LogP contribution in [0.5, 0.6) is 5.75 Å². The van der Waals surface area contributed by atoms with E-state index in [1.807, 2.05) is 31.3 Å². The van der Waals surface area contributed by atoms with Gasteiger partial charge in [0.05, 0.1) is 5.69 Å². The van der Waals surface area contributed by atoms with Gasteiger partial charge in [-0.15, -0.1) is 0 Å². The van der Waals surface area contributed by atoms with Gasteiger partial charge in [0.1, 0.15) is 5.75 Å². The number of nitrogens with zero attached hydrogens (tertiary/aromatic N) is 3. The molecule has 2 heterocycles. The van der Waals surface area contributed by atoms with Gasteiger partial charge in [-0.2, -0.15) is 0 Å². The third-order valence-electron chi connectivity index (χ3n) is 6.90. The Morgan fingerprint density at radius 2 is 2.03 bits per heavy atom. The lowest BCUT2D eigenvalue weighted by molar-refractivity contribution is 0.249. The second-order valence-corrected chi connectivity index (χ2v) is 9.57. The second kappa shape index (κ2) is 12.7. The topological polar surface area (TPSA) is 73.3 Å². The lowest BCUT2D eigenvalue weighted by atomic mass is 10.0. The number of rotatable bonds is 11. The van der Waals surface area contributed by atoms with Crippen LogP contribution in [0.4, 0.5) is 5.95 Å². The van der Waals surface area contributed by atoms with Crippen molar-refractivity contribution in [3.8, 4) is 17.0 Å². The van der Waals surface area contributed by atoms with E-state index in [1.165, 1.54) is 43.4 Å². The van der Waals surface area contributed by atoms with Gasteiger partial charge in [-0.3, -0.25) is 4.90 Å². The number of phenols is 1. The smallest absolute Gasteiger partial charge is 0.223 e. The maximum Gasteiger partial charge on any atom is 0.223 e. The molecule has 1 aromatic heterocycles. The highest BCUT2D eigenvalue weighted by molar-refractivity contribution is 5.61. The molecule has 3 aromatic rings. The summed E-state index contributed by atoms with van der Waals surface area (Å²) in [5.41, 5.74) is 5.44. The first-order valence-corrected chi connectivity index (χ1v) is 13.0. The Bertz CT molecular complexity index is 1080. The van der Waals surface area contributed by atoms with Crippen molar-refractivity contribution in [1.82, 2.24) is 20.2 Å². The summed E-state index contributed by atoms with van der Waals surface area (Å²) in [5.74, 6) is 0.974. The maximum atomic E-state index is 9.71. The Morgan fingerprint density at radius 3 is 2.83 bits per heavy atom. The number of phenolic OH excluding ortho intramolecular Hbond substituents is 1. The molecular formula is C29H39N5O. The number of benzene rings is 2. The van der Waals surface area contributed by atoms with Crippen molar-refractivity contribution < 1.29 is 5.11 Å². The average Bonchev–Trinajstić information content (AvgIpc) is 2.89. The van der Waals surface area contributed by atoms with Crippen LogP contribution < -0.4 is 10.6 Å². The molecule has 1 unspecified atom stereocenters. The number of anilines is 1. The van der Waals surface area contributed by atoms with Crippen LogP contribution in [0.25, 0.3) is 11.3 Å². The predicted molar refractivity (Wildman–Crippen MR) is 144 cm³/mol. The number of aryl methyl sites for hydroxylation is 1. The van der Waals surface area contributed by atoms with Crippen LogP contribution in [0.15, 0.2) is 54.7 Å². The van der Waals surface area contributed by atoms with Crippen molar-refractivity contribution in [3.63, 3.8) is 0 Å². The van der Waals surface area contributed by atoms with E-state index in [-0.39, 0.29) is 0 Å². The van der Waals surface area contributed by atoms with Crippen molar-refractivity contribution in [2.24, 2.45) is 0 Å². The molecule has 0 bridgehead atoms. The molecule has 2 aromatic carbocycles. The summed E-state index contributed by atoms with van der Waals surface area (Å²) in [7, 11) is 0. The quantitative estimate of drug-likeness (QED) is 0.357. The van der Waals surface area contributed by atoms with E-state index in [1.54, 1.807) is 6.07 Å². The molecule has 0 spiro atoms. The molecule has 1 aliphatic rings. The molecular weight excluding hydrogens is 434 g/mol. The number of aromatic nitrogens is 2. The molecule has 1 fully saturated rings. The van der Waals surface area contributed by atoms with Crippen LogP contribution in [0.2, 0.25) is 0 Å². The number of piperidine rings is 1. The number of aromatic hydroxyl groups is 1. The van der Waals surface area contributed by atoms with Crippen LogP contribution in [0.1, 0.15) is 49.3 Å². The lowest BCUT2D eigenvalue weighted by Gasteiger charge is -2.27. The fourth-order valence-electron chi connectivity index (χ4n) is 4.74. The summed E-state index contributed by atoms with van der Waals surface area (Å²) in [5, 5.41) is 16.7. The highest BCUT2D eigenvalue weighted by Crippen LogP contribution is 2.21. The minimum atomic E-state index is 0.336. The number of nitrogens with one attached hydrogen (secondary N) is 2. The van der Waals surface area contributed by atoms with Crippen LogP contribution in [-0.4, -0.2) is 52.2 Å². The Kier molecular flexibility index (Phi) is 9.09. The molecule has 6 heteroatoms. The Labute approximate surface area is 209 Å². The largest absolute Gasteiger partial charge is 0.508 e. The average molecular weight is 474 g/mol. The number of hydrogen-bond donors (Lipinski definition) is 3. The molecule has 1 saturated heterocycles. The van der Waals surface area contributed by atoms with Crippen LogP contribution >= 0.6 is 0 Å². The minimum Gasteiger partial charge on any atom is -0.508 e. The molecule has 1 aliphatic heterocycles. The summed E-state index contributed by atoms with van der Waals surface area (Å²) in [6.45, 7) is 9.21. The summed E-state index contributed by atoms with van der Waals surface area (Å²) in [6, 6.07) is 17.1. The van der Waals surface area contributed by atoms with Gasteiger partial charge in [-0.05, 0) is 87.1 Å². The maximum absolute atomic E-state index is 9.71. The minimum absolute atomic E-state index is 0.336. The summed E-state index contributed by atoms with van der Waals surface area (Å²) >= 11 is 0. The monoisotopic (exact) mass is 473 g/mol. The van der Waals surface area contributed by atoms with Gasteiger partial charge in [-0.25, -0.2) is 9.97 Å². The van der Waals surface area contributed by atoms with Gasteiger partial charge in [0, 0.05) is 30.9 Å². The fraction of sp³-hybridized carbons (Fsp3) is 0.448. The summed E-state index contributed by atoms with van der Waals surface area (Å²) < 4.78 is 0. The van der Waals surface area contributed by atoms with E-state index in [0.29, 0.717) is 17.7 Å². The van der Waals surface area contributed by atoms with Gasteiger partial charge in [0.25, 0.3) is 0 Å². The zero-order chi connectivity index (χ0) is 24.5. The zero-order valence-electron chi connectivity index (χ0n) is 21.1. The van der Waals surface area contributed by atoms with Crippen molar-refractivity contribution in [2.75, 3.05) is 31.5 Å². The predicted octanol–water partition coefficient (Wildman–Crippen LogP) is 5.17. The second-order valence-electron chi connectivity index (χ2n) is 9.57. The van der Waals surface area contributed by atoms with E-state index < -0.39 is 0 Å². The van der Waals surface area contributed by atoms with Crippen molar-refractivity contribution >= 4 is 5.95 Å². The Balaban J connectivity index is 1.33. The molecule has 6 nitrogen and oxygen atoms in total. The third-order valence-corrected chi connectivity index (χ3v) is 6.90. The molecule has 0 radical (unpaired) electrons. The van der Waals surface area contributed by atoms with E-state index in [2.05, 4.69) is 51.7 Å². The number of hydrogen-bond acceptors (Lipinski definition) is 6. The summed E-state index contributed by atoms with van der Waals surface area (Å²) in [4.78, 5) is 11.7. The van der Waals surface area contributed by atoms with E-state index in [4.69, 9.17) is 4.98 Å². The Morgan fingerprint density at radius 1 is 1.11 bits per heavy atom. The first-order chi connectivity index (χ1) is 17.1. The van der Waals surface area contributed by atoms with Gasteiger partial charge in [-0.1, -0.05) is 43.7 Å². The molecule has 0 amide bonds. The van der Waals surface area contributed by atoms with Gasteiger partial charge >= 0.3 is 0 Å². The molecule has 186 valence electrons. The van der Waals surface area contributed by atoms with Crippen LogP contribution in [-0.2, 0) is 13.0 Å². The lowest BCUT2D eigenvalue weighted by Crippen LogP contribution is -2.37. The molecule has 4 rings (SSSR count). The van der Waals surface area contributed by atoms with Gasteiger partial charge < -0.3 is 15.7 Å². The van der Waals surface area contributed by atoms with E-state index >= 15 is 0 Å². The van der Waals surface area contributed by atoms with Crippen molar-refractivity contribution in [1.29, 1.82) is 0 Å². The van der Waals surface area contributed by atoms with E-state index in [0.717, 1.165) is 49.4 Å². The highest BCUT2D eigenvalue weighted by atomic mass is 16.3. The first-order valence-electron chi connectivity index (χ1n) is 13.0. The molecule has 35 heavy (non-hydrogen) atoms. The summed E-state index contributed by atoms with van der Waals surface area (Å²) in [6.07, 6.45) is 7.87. The standard InChI is InChI=1S/C29H39N5O/c1-3-34(18-14-26-9-4-5-15-30-26)21-24-7-6-8-25(20-24)27-13-17-32-29(33-27)31-16-12-23-10-11-28(35)22(2)19-23/h6-8,10-11,13,17,19-20,26,30,35H,3-5,9,12,14-16,18,21H2,1-2H3,(H,31,32,33). The van der Waals surface area contributed by atoms with Crippen molar-refractivity contribution in [2.45, 2.75) is 58.5 Å². The fourth-order valence-corrected chi connectivity index (χ4v) is 4.74. The van der Waals surface area contributed by atoms with E-state index in [9.17, 15) is 5.11 Å². The SMILES string of the molecule is CCN(CCC1CCCCN1)Cc1cccc(-c2ccnc(NCCc3ccc(O)c(C)c3)n2)c1. The Hall–Kier alpha value is -2.96. The van der Waals surface area contributed by atoms with Crippen LogP contribution in [0, 0.1) is 6.92 Å². The normalized spacial score (nSPS) is 15.9.